The Bertz CT molecular complexity index is 713. The van der Waals surface area contributed by atoms with Crippen LogP contribution < -0.4 is 4.31 Å². The zero-order valence-electron chi connectivity index (χ0n) is 12.2. The number of hydrogen-bond donors (Lipinski definition) is 0. The standard InChI is InChI=1S/C16H17Cl2NO2S/c1-2-3-9-19(15-7-5-4-6-8-15)22(20,21)16-11-13(17)10-14(18)12-16/h4-8,10-12H,2-3,9H2,1H3. The van der Waals surface area contributed by atoms with Gasteiger partial charge in [0.1, 0.15) is 0 Å². The summed E-state index contributed by atoms with van der Waals surface area (Å²) in [6, 6.07) is 13.4. The third-order valence-corrected chi connectivity index (χ3v) is 5.42. The Morgan fingerprint density at radius 1 is 1.00 bits per heavy atom. The van der Waals surface area contributed by atoms with Crippen molar-refractivity contribution in [2.75, 3.05) is 10.8 Å². The van der Waals surface area contributed by atoms with E-state index in [1.807, 2.05) is 25.1 Å². The molecule has 2 aromatic carbocycles. The normalized spacial score (nSPS) is 11.4. The molecule has 0 aliphatic rings. The fourth-order valence-electron chi connectivity index (χ4n) is 2.09. The predicted octanol–water partition coefficient (Wildman–Crippen LogP) is 4.99. The third-order valence-electron chi connectivity index (χ3n) is 3.18. The summed E-state index contributed by atoms with van der Waals surface area (Å²) in [5, 5.41) is 0.601. The lowest BCUT2D eigenvalue weighted by Gasteiger charge is -2.24. The van der Waals surface area contributed by atoms with E-state index in [1.165, 1.54) is 22.5 Å². The highest BCUT2D eigenvalue weighted by Crippen LogP contribution is 2.28. The summed E-state index contributed by atoms with van der Waals surface area (Å²) in [6.45, 7) is 2.43. The molecule has 2 aromatic rings. The Balaban J connectivity index is 2.49. The van der Waals surface area contributed by atoms with E-state index in [2.05, 4.69) is 0 Å². The molecule has 0 radical (unpaired) electrons. The first-order valence-electron chi connectivity index (χ1n) is 6.99. The van der Waals surface area contributed by atoms with Crippen molar-refractivity contribution in [2.45, 2.75) is 24.7 Å². The van der Waals surface area contributed by atoms with Gasteiger partial charge in [-0.2, -0.15) is 0 Å². The van der Waals surface area contributed by atoms with Gasteiger partial charge < -0.3 is 0 Å². The van der Waals surface area contributed by atoms with Crippen LogP contribution in [0.3, 0.4) is 0 Å². The van der Waals surface area contributed by atoms with E-state index in [4.69, 9.17) is 23.2 Å². The summed E-state index contributed by atoms with van der Waals surface area (Å²) < 4.78 is 27.3. The summed E-state index contributed by atoms with van der Waals surface area (Å²) >= 11 is 11.9. The fourth-order valence-corrected chi connectivity index (χ4v) is 4.32. The molecule has 3 nitrogen and oxygen atoms in total. The maximum Gasteiger partial charge on any atom is 0.264 e. The Hall–Kier alpha value is -1.23. The van der Waals surface area contributed by atoms with Crippen LogP contribution in [-0.2, 0) is 10.0 Å². The molecule has 0 bridgehead atoms. The lowest BCUT2D eigenvalue weighted by molar-refractivity contribution is 0.588. The molecule has 0 aromatic heterocycles. The summed E-state index contributed by atoms with van der Waals surface area (Å²) in [4.78, 5) is 0.102. The van der Waals surface area contributed by atoms with Gasteiger partial charge in [-0.15, -0.1) is 0 Å². The molecule has 0 saturated carbocycles. The zero-order chi connectivity index (χ0) is 16.2. The van der Waals surface area contributed by atoms with Crippen molar-refractivity contribution < 1.29 is 8.42 Å². The predicted molar refractivity (Wildman–Crippen MR) is 92.3 cm³/mol. The number of unbranched alkanes of at least 4 members (excludes halogenated alkanes) is 1. The molecule has 0 aliphatic carbocycles. The number of sulfonamides is 1. The molecule has 0 amide bonds. The molecule has 0 fully saturated rings. The second-order valence-corrected chi connectivity index (χ2v) is 7.61. The Morgan fingerprint density at radius 2 is 1.59 bits per heavy atom. The fraction of sp³-hybridized carbons (Fsp3) is 0.250. The van der Waals surface area contributed by atoms with E-state index in [-0.39, 0.29) is 4.90 Å². The molecule has 0 N–H and O–H groups in total. The summed E-state index contributed by atoms with van der Waals surface area (Å²) in [6.07, 6.45) is 1.66. The van der Waals surface area contributed by atoms with Crippen molar-refractivity contribution in [3.8, 4) is 0 Å². The minimum absolute atomic E-state index is 0.102. The van der Waals surface area contributed by atoms with Crippen molar-refractivity contribution >= 4 is 38.9 Å². The van der Waals surface area contributed by atoms with Crippen LogP contribution in [0.25, 0.3) is 0 Å². The monoisotopic (exact) mass is 357 g/mol. The van der Waals surface area contributed by atoms with E-state index in [9.17, 15) is 8.42 Å². The molecular formula is C16H17Cl2NO2S. The Morgan fingerprint density at radius 3 is 2.14 bits per heavy atom. The highest BCUT2D eigenvalue weighted by molar-refractivity contribution is 7.92. The van der Waals surface area contributed by atoms with Crippen molar-refractivity contribution in [1.82, 2.24) is 0 Å². The van der Waals surface area contributed by atoms with Crippen molar-refractivity contribution in [3.05, 3.63) is 58.6 Å². The van der Waals surface area contributed by atoms with Crippen molar-refractivity contribution in [1.29, 1.82) is 0 Å². The molecule has 2 rings (SSSR count). The first kappa shape index (κ1) is 17.1. The van der Waals surface area contributed by atoms with Gasteiger partial charge in [0.2, 0.25) is 0 Å². The molecule has 0 saturated heterocycles. The van der Waals surface area contributed by atoms with Crippen LogP contribution >= 0.6 is 23.2 Å². The number of hydrogen-bond acceptors (Lipinski definition) is 2. The van der Waals surface area contributed by atoms with Crippen LogP contribution in [0.1, 0.15) is 19.8 Å². The van der Waals surface area contributed by atoms with Crippen LogP contribution in [0.2, 0.25) is 10.0 Å². The average Bonchev–Trinajstić information content (AvgIpc) is 2.47. The first-order valence-corrected chi connectivity index (χ1v) is 9.18. The highest BCUT2D eigenvalue weighted by Gasteiger charge is 2.25. The van der Waals surface area contributed by atoms with Crippen molar-refractivity contribution in [3.63, 3.8) is 0 Å². The van der Waals surface area contributed by atoms with E-state index in [0.29, 0.717) is 22.3 Å². The molecule has 0 unspecified atom stereocenters. The Labute approximate surface area is 141 Å². The summed E-state index contributed by atoms with van der Waals surface area (Å²) in [7, 11) is -3.71. The highest BCUT2D eigenvalue weighted by atomic mass is 35.5. The zero-order valence-corrected chi connectivity index (χ0v) is 14.5. The van der Waals surface area contributed by atoms with Gasteiger partial charge in [0, 0.05) is 16.6 Å². The van der Waals surface area contributed by atoms with E-state index in [0.717, 1.165) is 12.8 Å². The topological polar surface area (TPSA) is 37.4 Å². The molecule has 118 valence electrons. The van der Waals surface area contributed by atoms with Gasteiger partial charge in [-0.3, -0.25) is 4.31 Å². The molecule has 0 aliphatic heterocycles. The smallest absolute Gasteiger partial charge is 0.264 e. The SMILES string of the molecule is CCCCN(c1ccccc1)S(=O)(=O)c1cc(Cl)cc(Cl)c1. The van der Waals surface area contributed by atoms with Gasteiger partial charge in [0.15, 0.2) is 0 Å². The lowest BCUT2D eigenvalue weighted by Crippen LogP contribution is -2.32. The van der Waals surface area contributed by atoms with Gasteiger partial charge in [-0.05, 0) is 36.8 Å². The van der Waals surface area contributed by atoms with Crippen LogP contribution in [0.15, 0.2) is 53.4 Å². The van der Waals surface area contributed by atoms with Crippen LogP contribution in [0.5, 0.6) is 0 Å². The molecule has 6 heteroatoms. The first-order chi connectivity index (χ1) is 10.4. The van der Waals surface area contributed by atoms with Crippen LogP contribution in [0.4, 0.5) is 5.69 Å². The molecule has 22 heavy (non-hydrogen) atoms. The average molecular weight is 358 g/mol. The molecule has 0 heterocycles. The molecule has 0 spiro atoms. The van der Waals surface area contributed by atoms with Gasteiger partial charge in [-0.25, -0.2) is 8.42 Å². The lowest BCUT2D eigenvalue weighted by atomic mass is 10.3. The quantitative estimate of drug-likeness (QED) is 0.730. The van der Waals surface area contributed by atoms with Gasteiger partial charge >= 0.3 is 0 Å². The second-order valence-electron chi connectivity index (χ2n) is 4.87. The van der Waals surface area contributed by atoms with Crippen LogP contribution in [0, 0.1) is 0 Å². The number of halogens is 2. The largest absolute Gasteiger partial charge is 0.266 e. The Kier molecular flexibility index (Phi) is 5.73. The summed E-state index contributed by atoms with van der Waals surface area (Å²) in [5.41, 5.74) is 0.632. The molecular weight excluding hydrogens is 341 g/mol. The van der Waals surface area contributed by atoms with E-state index < -0.39 is 10.0 Å². The van der Waals surface area contributed by atoms with Crippen LogP contribution in [-0.4, -0.2) is 15.0 Å². The summed E-state index contributed by atoms with van der Waals surface area (Å²) in [5.74, 6) is 0. The number of para-hydroxylation sites is 1. The van der Waals surface area contributed by atoms with Gasteiger partial charge in [-0.1, -0.05) is 54.7 Å². The maximum absolute atomic E-state index is 13.0. The third kappa shape index (κ3) is 3.94. The van der Waals surface area contributed by atoms with Gasteiger partial charge in [0.25, 0.3) is 10.0 Å². The van der Waals surface area contributed by atoms with E-state index >= 15 is 0 Å². The second kappa shape index (κ2) is 7.36. The van der Waals surface area contributed by atoms with Crippen molar-refractivity contribution in [2.24, 2.45) is 0 Å². The number of anilines is 1. The minimum atomic E-state index is -3.71. The minimum Gasteiger partial charge on any atom is -0.266 e. The number of nitrogens with zero attached hydrogens (tertiary/aromatic N) is 1. The number of rotatable bonds is 6. The van der Waals surface area contributed by atoms with Gasteiger partial charge in [0.05, 0.1) is 10.6 Å². The maximum atomic E-state index is 13.0. The molecule has 0 atom stereocenters. The van der Waals surface area contributed by atoms with E-state index in [1.54, 1.807) is 12.1 Å². The number of benzene rings is 2.